The van der Waals surface area contributed by atoms with Crippen LogP contribution in [0.25, 0.3) is 0 Å². The molecule has 0 amide bonds. The van der Waals surface area contributed by atoms with Crippen LogP contribution in [0.1, 0.15) is 16.8 Å². The number of hydrogen-bond donors (Lipinski definition) is 1. The van der Waals surface area contributed by atoms with Crippen molar-refractivity contribution in [3.63, 3.8) is 0 Å². The highest BCUT2D eigenvalue weighted by molar-refractivity contribution is 9.10. The quantitative estimate of drug-likeness (QED) is 0.922. The van der Waals surface area contributed by atoms with E-state index in [9.17, 15) is 0 Å². The van der Waals surface area contributed by atoms with Gasteiger partial charge < -0.3 is 5.32 Å². The Kier molecular flexibility index (Phi) is 3.79. The van der Waals surface area contributed by atoms with Gasteiger partial charge in [-0.3, -0.25) is 4.98 Å². The Morgan fingerprint density at radius 2 is 2.00 bits per heavy atom. The molecule has 17 heavy (non-hydrogen) atoms. The first-order valence-corrected chi connectivity index (χ1v) is 6.36. The smallest absolute Gasteiger partial charge is 0.0529 e. The molecule has 0 aliphatic heterocycles. The molecule has 1 N–H and O–H groups in total. The molecule has 0 saturated heterocycles. The first kappa shape index (κ1) is 12.1. The van der Waals surface area contributed by atoms with Crippen molar-refractivity contribution in [1.82, 2.24) is 4.98 Å². The number of aryl methyl sites for hydroxylation is 2. The summed E-state index contributed by atoms with van der Waals surface area (Å²) in [7, 11) is 0. The van der Waals surface area contributed by atoms with Gasteiger partial charge in [0.15, 0.2) is 0 Å². The normalized spacial score (nSPS) is 10.3. The highest BCUT2D eigenvalue weighted by atomic mass is 79.9. The Labute approximate surface area is 110 Å². The van der Waals surface area contributed by atoms with Crippen LogP contribution in [0.2, 0.25) is 0 Å². The molecule has 3 heteroatoms. The van der Waals surface area contributed by atoms with E-state index in [-0.39, 0.29) is 0 Å². The van der Waals surface area contributed by atoms with Crippen LogP contribution in [0, 0.1) is 13.8 Å². The predicted octanol–water partition coefficient (Wildman–Crippen LogP) is 4.07. The van der Waals surface area contributed by atoms with Gasteiger partial charge in [-0.25, -0.2) is 0 Å². The standard InChI is InChI=1S/C14H15BrN2/c1-10-7-12(4-6-14(10)15)8-17-13-5-3-11(2)16-9-13/h3-7,9,17H,8H2,1-2H3. The lowest BCUT2D eigenvalue weighted by Gasteiger charge is -2.08. The Bertz CT molecular complexity index is 506. The minimum Gasteiger partial charge on any atom is -0.380 e. The average molecular weight is 291 g/mol. The van der Waals surface area contributed by atoms with Crippen LogP contribution in [0.4, 0.5) is 5.69 Å². The molecule has 0 bridgehead atoms. The summed E-state index contributed by atoms with van der Waals surface area (Å²) in [6.07, 6.45) is 1.86. The zero-order chi connectivity index (χ0) is 12.3. The summed E-state index contributed by atoms with van der Waals surface area (Å²) in [6.45, 7) is 4.90. The lowest BCUT2D eigenvalue weighted by Crippen LogP contribution is -2.00. The molecule has 1 heterocycles. The molecule has 2 aromatic rings. The summed E-state index contributed by atoms with van der Waals surface area (Å²) in [5.41, 5.74) is 4.61. The van der Waals surface area contributed by atoms with Crippen molar-refractivity contribution in [3.8, 4) is 0 Å². The second kappa shape index (κ2) is 5.32. The second-order valence-electron chi connectivity index (χ2n) is 4.13. The average Bonchev–Trinajstić information content (AvgIpc) is 2.33. The van der Waals surface area contributed by atoms with Crippen molar-refractivity contribution >= 4 is 21.6 Å². The number of pyridine rings is 1. The number of rotatable bonds is 3. The van der Waals surface area contributed by atoms with Crippen molar-refractivity contribution in [1.29, 1.82) is 0 Å². The molecule has 2 nitrogen and oxygen atoms in total. The molecule has 0 saturated carbocycles. The highest BCUT2D eigenvalue weighted by Gasteiger charge is 1.98. The van der Waals surface area contributed by atoms with Crippen LogP contribution >= 0.6 is 15.9 Å². The molecule has 2 rings (SSSR count). The van der Waals surface area contributed by atoms with Crippen LogP contribution in [0.3, 0.4) is 0 Å². The lowest BCUT2D eigenvalue weighted by molar-refractivity contribution is 1.11. The predicted molar refractivity (Wildman–Crippen MR) is 75.2 cm³/mol. The fourth-order valence-corrected chi connectivity index (χ4v) is 1.84. The fraction of sp³-hybridized carbons (Fsp3) is 0.214. The molecule has 88 valence electrons. The molecule has 0 radical (unpaired) electrons. The Balaban J connectivity index is 2.02. The minimum atomic E-state index is 0.818. The van der Waals surface area contributed by atoms with Crippen molar-refractivity contribution < 1.29 is 0 Å². The lowest BCUT2D eigenvalue weighted by atomic mass is 10.1. The van der Waals surface area contributed by atoms with Gasteiger partial charge in [0.1, 0.15) is 0 Å². The third-order valence-electron chi connectivity index (χ3n) is 2.63. The number of nitrogens with one attached hydrogen (secondary N) is 1. The number of anilines is 1. The molecule has 1 aromatic heterocycles. The molecule has 1 aromatic carbocycles. The van der Waals surface area contributed by atoms with Crippen molar-refractivity contribution in [2.75, 3.05) is 5.32 Å². The van der Waals surface area contributed by atoms with E-state index in [0.29, 0.717) is 0 Å². The molecule has 0 spiro atoms. The maximum atomic E-state index is 4.25. The van der Waals surface area contributed by atoms with Gasteiger partial charge in [0, 0.05) is 16.7 Å². The Hall–Kier alpha value is -1.35. The van der Waals surface area contributed by atoms with Crippen molar-refractivity contribution in [2.24, 2.45) is 0 Å². The molecular formula is C14H15BrN2. The third-order valence-corrected chi connectivity index (χ3v) is 3.52. The number of benzene rings is 1. The fourth-order valence-electron chi connectivity index (χ4n) is 1.59. The van der Waals surface area contributed by atoms with Crippen LogP contribution in [-0.2, 0) is 6.54 Å². The van der Waals surface area contributed by atoms with E-state index < -0.39 is 0 Å². The van der Waals surface area contributed by atoms with E-state index in [1.807, 2.05) is 25.3 Å². The first-order chi connectivity index (χ1) is 8.15. The summed E-state index contributed by atoms with van der Waals surface area (Å²) >= 11 is 3.50. The van der Waals surface area contributed by atoms with E-state index in [1.165, 1.54) is 11.1 Å². The van der Waals surface area contributed by atoms with E-state index in [0.717, 1.165) is 22.4 Å². The minimum absolute atomic E-state index is 0.818. The van der Waals surface area contributed by atoms with Crippen molar-refractivity contribution in [3.05, 3.63) is 57.8 Å². The van der Waals surface area contributed by atoms with Crippen LogP contribution < -0.4 is 5.32 Å². The van der Waals surface area contributed by atoms with Gasteiger partial charge in [0.2, 0.25) is 0 Å². The molecule has 0 atom stereocenters. The number of hydrogen-bond acceptors (Lipinski definition) is 2. The Morgan fingerprint density at radius 1 is 1.18 bits per heavy atom. The van der Waals surface area contributed by atoms with E-state index in [4.69, 9.17) is 0 Å². The summed E-state index contributed by atoms with van der Waals surface area (Å²) < 4.78 is 1.15. The molecule has 0 aliphatic rings. The van der Waals surface area contributed by atoms with E-state index in [2.05, 4.69) is 51.4 Å². The van der Waals surface area contributed by atoms with E-state index in [1.54, 1.807) is 0 Å². The van der Waals surface area contributed by atoms with Gasteiger partial charge in [-0.2, -0.15) is 0 Å². The van der Waals surface area contributed by atoms with Crippen LogP contribution in [0.15, 0.2) is 41.0 Å². The maximum Gasteiger partial charge on any atom is 0.0529 e. The third kappa shape index (κ3) is 3.30. The molecular weight excluding hydrogens is 276 g/mol. The van der Waals surface area contributed by atoms with Gasteiger partial charge in [0.25, 0.3) is 0 Å². The van der Waals surface area contributed by atoms with Gasteiger partial charge in [0.05, 0.1) is 11.9 Å². The molecule has 0 aliphatic carbocycles. The van der Waals surface area contributed by atoms with E-state index >= 15 is 0 Å². The monoisotopic (exact) mass is 290 g/mol. The van der Waals surface area contributed by atoms with Gasteiger partial charge in [-0.05, 0) is 43.2 Å². The summed E-state index contributed by atoms with van der Waals surface area (Å²) in [4.78, 5) is 4.25. The summed E-state index contributed by atoms with van der Waals surface area (Å²) in [5.74, 6) is 0. The van der Waals surface area contributed by atoms with Gasteiger partial charge >= 0.3 is 0 Å². The Morgan fingerprint density at radius 3 is 2.65 bits per heavy atom. The summed E-state index contributed by atoms with van der Waals surface area (Å²) in [5, 5.41) is 3.36. The summed E-state index contributed by atoms with van der Waals surface area (Å²) in [6, 6.07) is 10.4. The number of nitrogens with zero attached hydrogens (tertiary/aromatic N) is 1. The SMILES string of the molecule is Cc1ccc(NCc2ccc(Br)c(C)c2)cn1. The van der Waals surface area contributed by atoms with Crippen LogP contribution in [0.5, 0.6) is 0 Å². The van der Waals surface area contributed by atoms with Crippen LogP contribution in [-0.4, -0.2) is 4.98 Å². The largest absolute Gasteiger partial charge is 0.380 e. The zero-order valence-electron chi connectivity index (χ0n) is 10.00. The van der Waals surface area contributed by atoms with Gasteiger partial charge in [-0.1, -0.05) is 28.1 Å². The highest BCUT2D eigenvalue weighted by Crippen LogP contribution is 2.17. The second-order valence-corrected chi connectivity index (χ2v) is 4.98. The first-order valence-electron chi connectivity index (χ1n) is 5.57. The number of halogens is 1. The maximum absolute atomic E-state index is 4.25. The molecule has 0 fully saturated rings. The topological polar surface area (TPSA) is 24.9 Å². The van der Waals surface area contributed by atoms with Crippen molar-refractivity contribution in [2.45, 2.75) is 20.4 Å². The zero-order valence-corrected chi connectivity index (χ0v) is 11.6. The van der Waals surface area contributed by atoms with Gasteiger partial charge in [-0.15, -0.1) is 0 Å². The number of aromatic nitrogens is 1. The molecule has 0 unspecified atom stereocenters.